The molecule has 0 N–H and O–H groups in total. The molecule has 4 aromatic rings. The lowest BCUT2D eigenvalue weighted by Gasteiger charge is -2.13. The normalized spacial score (nSPS) is 10.4. The van der Waals surface area contributed by atoms with E-state index in [1.54, 1.807) is 7.11 Å². The van der Waals surface area contributed by atoms with Crippen molar-refractivity contribution < 1.29 is 14.2 Å². The van der Waals surface area contributed by atoms with Crippen molar-refractivity contribution >= 4 is 0 Å². The summed E-state index contributed by atoms with van der Waals surface area (Å²) in [4.78, 5) is 0. The van der Waals surface area contributed by atoms with Crippen LogP contribution in [0.5, 0.6) is 28.7 Å². The Labute approximate surface area is 171 Å². The number of ether oxygens (including phenoxy) is 3. The van der Waals surface area contributed by atoms with Crippen molar-refractivity contribution in [2.45, 2.75) is 6.92 Å². The highest BCUT2D eigenvalue weighted by Gasteiger charge is 2.09. The summed E-state index contributed by atoms with van der Waals surface area (Å²) in [7, 11) is 1.64. The van der Waals surface area contributed by atoms with Crippen LogP contribution in [0.15, 0.2) is 91.0 Å². The maximum absolute atomic E-state index is 6.11. The van der Waals surface area contributed by atoms with Gasteiger partial charge in [0.25, 0.3) is 0 Å². The summed E-state index contributed by atoms with van der Waals surface area (Å²) in [5, 5.41) is 0. The first-order chi connectivity index (χ1) is 14.2. The average molecular weight is 381 g/mol. The Morgan fingerprint density at radius 1 is 0.690 bits per heavy atom. The van der Waals surface area contributed by atoms with E-state index in [0.717, 1.165) is 45.4 Å². The molecular weight excluding hydrogens is 360 g/mol. The van der Waals surface area contributed by atoms with Gasteiger partial charge in [0.05, 0.1) is 7.11 Å². The van der Waals surface area contributed by atoms with Crippen LogP contribution in [0.4, 0.5) is 0 Å². The van der Waals surface area contributed by atoms with E-state index >= 15 is 0 Å². The highest BCUT2D eigenvalue weighted by Crippen LogP contribution is 2.36. The largest absolute Gasteiger partial charge is 0.497 e. The number of methoxy groups -OCH3 is 1. The topological polar surface area (TPSA) is 27.7 Å². The van der Waals surface area contributed by atoms with Crippen molar-refractivity contribution in [1.29, 1.82) is 0 Å². The molecule has 3 nitrogen and oxygen atoms in total. The van der Waals surface area contributed by atoms with Crippen LogP contribution in [0.3, 0.4) is 0 Å². The summed E-state index contributed by atoms with van der Waals surface area (Å²) in [6.45, 7) is 2.03. The molecule has 143 valence electrons. The SMILES string of the molecule is COc1ccc(Oc2c[c]ccc2-c2cccc(Oc3ccccc3C)c2)cc1. The Kier molecular flexibility index (Phi) is 5.48. The van der Waals surface area contributed by atoms with Crippen molar-refractivity contribution in [3.05, 3.63) is 103 Å². The maximum Gasteiger partial charge on any atom is 0.135 e. The Morgan fingerprint density at radius 3 is 2.24 bits per heavy atom. The molecule has 0 saturated carbocycles. The molecule has 0 aromatic heterocycles. The van der Waals surface area contributed by atoms with Crippen LogP contribution in [0.2, 0.25) is 0 Å². The molecule has 0 aliphatic heterocycles. The van der Waals surface area contributed by atoms with Gasteiger partial charge in [0.1, 0.15) is 28.7 Å². The number of rotatable bonds is 6. The van der Waals surface area contributed by atoms with E-state index in [1.807, 2.05) is 97.9 Å². The summed E-state index contributed by atoms with van der Waals surface area (Å²) in [6.07, 6.45) is 0. The summed E-state index contributed by atoms with van der Waals surface area (Å²) in [5.74, 6) is 3.88. The molecule has 0 aliphatic carbocycles. The fourth-order valence-electron chi connectivity index (χ4n) is 3.03. The van der Waals surface area contributed by atoms with Gasteiger partial charge in [0.2, 0.25) is 0 Å². The predicted octanol–water partition coefficient (Wildman–Crippen LogP) is 7.06. The molecule has 3 heteroatoms. The monoisotopic (exact) mass is 381 g/mol. The van der Waals surface area contributed by atoms with E-state index in [0.29, 0.717) is 0 Å². The second kappa shape index (κ2) is 8.53. The van der Waals surface area contributed by atoms with E-state index in [4.69, 9.17) is 14.2 Å². The van der Waals surface area contributed by atoms with Crippen LogP contribution < -0.4 is 14.2 Å². The number of hydrogen-bond donors (Lipinski definition) is 0. The zero-order valence-electron chi connectivity index (χ0n) is 16.4. The maximum atomic E-state index is 6.11. The smallest absolute Gasteiger partial charge is 0.135 e. The molecule has 0 spiro atoms. The van der Waals surface area contributed by atoms with Crippen LogP contribution in [0.1, 0.15) is 5.56 Å². The van der Waals surface area contributed by atoms with Gasteiger partial charge in [-0.05, 0) is 72.6 Å². The number of para-hydroxylation sites is 1. The first kappa shape index (κ1) is 18.6. The molecule has 0 heterocycles. The molecule has 0 bridgehead atoms. The van der Waals surface area contributed by atoms with Crippen LogP contribution in [-0.4, -0.2) is 7.11 Å². The number of aryl methyl sites for hydroxylation is 1. The first-order valence-electron chi connectivity index (χ1n) is 9.39. The van der Waals surface area contributed by atoms with E-state index in [-0.39, 0.29) is 0 Å². The lowest BCUT2D eigenvalue weighted by molar-refractivity contribution is 0.413. The highest BCUT2D eigenvalue weighted by atomic mass is 16.5. The van der Waals surface area contributed by atoms with E-state index in [1.165, 1.54) is 0 Å². The fourth-order valence-corrected chi connectivity index (χ4v) is 3.03. The van der Waals surface area contributed by atoms with Crippen molar-refractivity contribution in [3.63, 3.8) is 0 Å². The molecule has 4 aromatic carbocycles. The van der Waals surface area contributed by atoms with Gasteiger partial charge >= 0.3 is 0 Å². The van der Waals surface area contributed by atoms with Gasteiger partial charge in [-0.25, -0.2) is 0 Å². The van der Waals surface area contributed by atoms with Crippen LogP contribution in [0, 0.1) is 13.0 Å². The molecule has 0 atom stereocenters. The molecule has 0 unspecified atom stereocenters. The Bertz CT molecular complexity index is 1100. The third-order valence-electron chi connectivity index (χ3n) is 4.58. The van der Waals surface area contributed by atoms with Gasteiger partial charge in [-0.1, -0.05) is 42.5 Å². The van der Waals surface area contributed by atoms with Crippen molar-refractivity contribution in [2.75, 3.05) is 7.11 Å². The molecule has 0 saturated heterocycles. The van der Waals surface area contributed by atoms with E-state index in [2.05, 4.69) is 6.07 Å². The molecule has 4 rings (SSSR count). The van der Waals surface area contributed by atoms with Gasteiger partial charge in [-0.15, -0.1) is 0 Å². The van der Waals surface area contributed by atoms with Crippen molar-refractivity contribution in [3.8, 4) is 39.9 Å². The average Bonchev–Trinajstić information content (AvgIpc) is 2.76. The first-order valence-corrected chi connectivity index (χ1v) is 9.39. The van der Waals surface area contributed by atoms with Crippen LogP contribution in [-0.2, 0) is 0 Å². The van der Waals surface area contributed by atoms with Crippen LogP contribution >= 0.6 is 0 Å². The van der Waals surface area contributed by atoms with E-state index in [9.17, 15) is 0 Å². The second-order valence-corrected chi connectivity index (χ2v) is 6.60. The zero-order valence-corrected chi connectivity index (χ0v) is 16.4. The Hall–Kier alpha value is -3.72. The summed E-state index contributed by atoms with van der Waals surface area (Å²) in [5.41, 5.74) is 3.07. The Balaban J connectivity index is 1.62. The summed E-state index contributed by atoms with van der Waals surface area (Å²) >= 11 is 0. The Morgan fingerprint density at radius 2 is 1.45 bits per heavy atom. The third-order valence-corrected chi connectivity index (χ3v) is 4.58. The van der Waals surface area contributed by atoms with E-state index < -0.39 is 0 Å². The molecule has 0 fully saturated rings. The van der Waals surface area contributed by atoms with Crippen LogP contribution in [0.25, 0.3) is 11.1 Å². The fraction of sp³-hybridized carbons (Fsp3) is 0.0769. The van der Waals surface area contributed by atoms with Gasteiger partial charge in [-0.2, -0.15) is 0 Å². The lowest BCUT2D eigenvalue weighted by atomic mass is 10.0. The van der Waals surface area contributed by atoms with Gasteiger partial charge in [0.15, 0.2) is 0 Å². The van der Waals surface area contributed by atoms with Crippen molar-refractivity contribution in [2.24, 2.45) is 0 Å². The second-order valence-electron chi connectivity index (χ2n) is 6.60. The number of benzene rings is 4. The summed E-state index contributed by atoms with van der Waals surface area (Å²) in [6, 6.07) is 32.3. The van der Waals surface area contributed by atoms with Gasteiger partial charge in [0, 0.05) is 5.56 Å². The number of hydrogen-bond acceptors (Lipinski definition) is 3. The minimum Gasteiger partial charge on any atom is -0.497 e. The predicted molar refractivity (Wildman–Crippen MR) is 115 cm³/mol. The quantitative estimate of drug-likeness (QED) is 0.358. The highest BCUT2D eigenvalue weighted by molar-refractivity contribution is 5.72. The molecule has 1 radical (unpaired) electrons. The molecule has 0 amide bonds. The standard InChI is InChI=1S/C26H21O3/c1-19-8-3-5-12-25(19)29-23-10-7-9-20(18-23)24-11-4-6-13-26(24)28-22-16-14-21(27-2)15-17-22/h3-5,7-18H,1-2H3. The molecular formula is C26H21O3. The third kappa shape index (κ3) is 4.41. The minimum atomic E-state index is 0.728. The van der Waals surface area contributed by atoms with Gasteiger partial charge in [-0.3, -0.25) is 0 Å². The van der Waals surface area contributed by atoms with Crippen molar-refractivity contribution in [1.82, 2.24) is 0 Å². The lowest BCUT2D eigenvalue weighted by Crippen LogP contribution is -1.90. The van der Waals surface area contributed by atoms with Gasteiger partial charge < -0.3 is 14.2 Å². The zero-order chi connectivity index (χ0) is 20.1. The molecule has 0 aliphatic rings. The summed E-state index contributed by atoms with van der Waals surface area (Å²) < 4.78 is 17.4. The molecule has 29 heavy (non-hydrogen) atoms. The minimum absolute atomic E-state index is 0.728.